The molecule has 0 unspecified atom stereocenters. The third kappa shape index (κ3) is 3.82. The van der Waals surface area contributed by atoms with Gasteiger partial charge in [-0.25, -0.2) is 4.79 Å². The third-order valence-corrected chi connectivity index (χ3v) is 2.90. The van der Waals surface area contributed by atoms with Gasteiger partial charge in [-0.2, -0.15) is 0 Å². The number of aromatic nitrogens is 1. The summed E-state index contributed by atoms with van der Waals surface area (Å²) in [4.78, 5) is 37.5. The van der Waals surface area contributed by atoms with E-state index in [2.05, 4.69) is 10.3 Å². The number of hydrogen-bond donors (Lipinski definition) is 2. The van der Waals surface area contributed by atoms with Crippen molar-refractivity contribution in [1.29, 1.82) is 0 Å². The zero-order valence-electron chi connectivity index (χ0n) is 12.3. The molecule has 6 heteroatoms. The van der Waals surface area contributed by atoms with E-state index < -0.39 is 11.9 Å². The van der Waals surface area contributed by atoms with E-state index in [1.807, 2.05) is 0 Å². The third-order valence-electron chi connectivity index (χ3n) is 2.90. The number of ether oxygens (including phenoxy) is 1. The molecule has 0 saturated heterocycles. The first kappa shape index (κ1) is 15.5. The standard InChI is InChI=1S/C16H16N2O4/c1-3-22-16(21)11-4-6-13(7-5-11)18-15(20)12-8-10(2)17-14(19)9-12/h4-9H,3H2,1-2H3,(H,17,19)(H,18,20). The smallest absolute Gasteiger partial charge is 0.338 e. The lowest BCUT2D eigenvalue weighted by atomic mass is 10.2. The van der Waals surface area contributed by atoms with E-state index in [9.17, 15) is 14.4 Å². The van der Waals surface area contributed by atoms with E-state index in [1.54, 1.807) is 44.2 Å². The summed E-state index contributed by atoms with van der Waals surface area (Å²) >= 11 is 0. The molecule has 2 rings (SSSR count). The van der Waals surface area contributed by atoms with Crippen molar-refractivity contribution >= 4 is 17.6 Å². The number of esters is 1. The van der Waals surface area contributed by atoms with Gasteiger partial charge in [-0.1, -0.05) is 0 Å². The van der Waals surface area contributed by atoms with Gasteiger partial charge in [-0.15, -0.1) is 0 Å². The molecule has 6 nitrogen and oxygen atoms in total. The Labute approximate surface area is 127 Å². The van der Waals surface area contributed by atoms with Gasteiger partial charge in [-0.3, -0.25) is 9.59 Å². The highest BCUT2D eigenvalue weighted by molar-refractivity contribution is 6.04. The Hall–Kier alpha value is -2.89. The predicted octanol–water partition coefficient (Wildman–Crippen LogP) is 2.11. The van der Waals surface area contributed by atoms with E-state index in [1.165, 1.54) is 6.07 Å². The number of aromatic amines is 1. The summed E-state index contributed by atoms with van der Waals surface area (Å²) in [6, 6.07) is 9.15. The molecular weight excluding hydrogens is 284 g/mol. The van der Waals surface area contributed by atoms with Gasteiger partial charge in [0.25, 0.3) is 5.91 Å². The molecule has 0 aliphatic carbocycles. The maximum Gasteiger partial charge on any atom is 0.338 e. The van der Waals surface area contributed by atoms with Crippen LogP contribution >= 0.6 is 0 Å². The van der Waals surface area contributed by atoms with Crippen LogP contribution in [0.2, 0.25) is 0 Å². The molecule has 0 aliphatic rings. The van der Waals surface area contributed by atoms with Gasteiger partial charge >= 0.3 is 5.97 Å². The first-order valence-corrected chi connectivity index (χ1v) is 6.79. The van der Waals surface area contributed by atoms with Crippen molar-refractivity contribution in [3.63, 3.8) is 0 Å². The topological polar surface area (TPSA) is 88.3 Å². The van der Waals surface area contributed by atoms with Crippen LogP contribution in [0.25, 0.3) is 0 Å². The van der Waals surface area contributed by atoms with Crippen molar-refractivity contribution < 1.29 is 14.3 Å². The van der Waals surface area contributed by atoms with Gasteiger partial charge in [0, 0.05) is 23.0 Å². The zero-order valence-corrected chi connectivity index (χ0v) is 12.3. The molecule has 2 aromatic rings. The van der Waals surface area contributed by atoms with Gasteiger partial charge in [0.15, 0.2) is 0 Å². The lowest BCUT2D eigenvalue weighted by Gasteiger charge is -2.07. The van der Waals surface area contributed by atoms with Gasteiger partial charge in [-0.05, 0) is 44.2 Å². The molecule has 0 saturated carbocycles. The maximum absolute atomic E-state index is 12.1. The molecule has 2 N–H and O–H groups in total. The van der Waals surface area contributed by atoms with E-state index in [-0.39, 0.29) is 11.1 Å². The summed E-state index contributed by atoms with van der Waals surface area (Å²) in [5, 5.41) is 2.67. The first-order valence-electron chi connectivity index (χ1n) is 6.79. The van der Waals surface area contributed by atoms with Crippen LogP contribution in [-0.2, 0) is 4.74 Å². The van der Waals surface area contributed by atoms with Crippen LogP contribution in [0.15, 0.2) is 41.2 Å². The Morgan fingerprint density at radius 1 is 1.14 bits per heavy atom. The molecule has 1 amide bonds. The highest BCUT2D eigenvalue weighted by atomic mass is 16.5. The van der Waals surface area contributed by atoms with Crippen LogP contribution < -0.4 is 10.9 Å². The van der Waals surface area contributed by atoms with Crippen LogP contribution in [0.4, 0.5) is 5.69 Å². The van der Waals surface area contributed by atoms with Crippen LogP contribution in [0.3, 0.4) is 0 Å². The molecule has 114 valence electrons. The number of carbonyl (C=O) groups excluding carboxylic acids is 2. The van der Waals surface area contributed by atoms with Crippen molar-refractivity contribution in [2.75, 3.05) is 11.9 Å². The molecule has 1 aromatic carbocycles. The molecule has 1 aromatic heterocycles. The van der Waals surface area contributed by atoms with Crippen LogP contribution in [0.5, 0.6) is 0 Å². The van der Waals surface area contributed by atoms with E-state index >= 15 is 0 Å². The Morgan fingerprint density at radius 3 is 2.41 bits per heavy atom. The summed E-state index contributed by atoms with van der Waals surface area (Å²) in [5.74, 6) is -0.802. The second-order valence-electron chi connectivity index (χ2n) is 4.67. The molecule has 0 bridgehead atoms. The van der Waals surface area contributed by atoms with E-state index in [0.29, 0.717) is 23.6 Å². The average Bonchev–Trinajstić information content (AvgIpc) is 2.47. The maximum atomic E-state index is 12.1. The Balaban J connectivity index is 2.12. The van der Waals surface area contributed by atoms with Crippen molar-refractivity contribution in [3.8, 4) is 0 Å². The van der Waals surface area contributed by atoms with Gasteiger partial charge in [0.05, 0.1) is 12.2 Å². The minimum Gasteiger partial charge on any atom is -0.462 e. The molecule has 0 fully saturated rings. The van der Waals surface area contributed by atoms with Crippen LogP contribution in [0, 0.1) is 6.92 Å². The number of benzene rings is 1. The minimum absolute atomic E-state index is 0.274. The van der Waals surface area contributed by atoms with Crippen molar-refractivity contribution in [1.82, 2.24) is 4.98 Å². The number of pyridine rings is 1. The second kappa shape index (κ2) is 6.71. The summed E-state index contributed by atoms with van der Waals surface area (Å²) in [6.07, 6.45) is 0. The SMILES string of the molecule is CCOC(=O)c1ccc(NC(=O)c2cc(C)[nH]c(=O)c2)cc1. The minimum atomic E-state index is -0.411. The number of nitrogens with one attached hydrogen (secondary N) is 2. The number of anilines is 1. The van der Waals surface area contributed by atoms with Crippen LogP contribution in [-0.4, -0.2) is 23.5 Å². The number of aryl methyl sites for hydroxylation is 1. The molecule has 22 heavy (non-hydrogen) atoms. The fraction of sp³-hybridized carbons (Fsp3) is 0.188. The monoisotopic (exact) mass is 300 g/mol. The lowest BCUT2D eigenvalue weighted by molar-refractivity contribution is 0.0526. The number of amides is 1. The highest BCUT2D eigenvalue weighted by Gasteiger charge is 2.09. The summed E-state index contributed by atoms with van der Waals surface area (Å²) in [6.45, 7) is 3.74. The first-order chi connectivity index (χ1) is 10.5. The number of rotatable bonds is 4. The summed E-state index contributed by atoms with van der Waals surface area (Å²) in [7, 11) is 0. The molecule has 0 spiro atoms. The Morgan fingerprint density at radius 2 is 1.82 bits per heavy atom. The van der Waals surface area contributed by atoms with Gasteiger partial charge in [0.2, 0.25) is 5.56 Å². The lowest BCUT2D eigenvalue weighted by Crippen LogP contribution is -2.16. The average molecular weight is 300 g/mol. The summed E-state index contributed by atoms with van der Waals surface area (Å²) in [5.41, 5.74) is 1.48. The van der Waals surface area contributed by atoms with Crippen molar-refractivity contribution in [2.45, 2.75) is 13.8 Å². The molecular formula is C16H16N2O4. The molecule has 0 aliphatic heterocycles. The summed E-state index contributed by atoms with van der Waals surface area (Å²) < 4.78 is 4.88. The van der Waals surface area contributed by atoms with E-state index in [0.717, 1.165) is 0 Å². The number of H-pyrrole nitrogens is 1. The largest absolute Gasteiger partial charge is 0.462 e. The van der Waals surface area contributed by atoms with Gasteiger partial charge < -0.3 is 15.0 Å². The van der Waals surface area contributed by atoms with Crippen LogP contribution in [0.1, 0.15) is 33.3 Å². The quantitative estimate of drug-likeness (QED) is 0.846. The van der Waals surface area contributed by atoms with Gasteiger partial charge in [0.1, 0.15) is 0 Å². The van der Waals surface area contributed by atoms with Crippen molar-refractivity contribution in [3.05, 3.63) is 63.6 Å². The second-order valence-corrected chi connectivity index (χ2v) is 4.67. The van der Waals surface area contributed by atoms with E-state index in [4.69, 9.17) is 4.74 Å². The molecule has 0 atom stereocenters. The highest BCUT2D eigenvalue weighted by Crippen LogP contribution is 2.12. The Kier molecular flexibility index (Phi) is 4.73. The van der Waals surface area contributed by atoms with Crippen molar-refractivity contribution in [2.24, 2.45) is 0 Å². The Bertz CT molecular complexity index is 747. The fourth-order valence-electron chi connectivity index (χ4n) is 1.92. The number of hydrogen-bond acceptors (Lipinski definition) is 4. The normalized spacial score (nSPS) is 10.1. The molecule has 1 heterocycles. The fourth-order valence-corrected chi connectivity index (χ4v) is 1.92. The zero-order chi connectivity index (χ0) is 16.1. The predicted molar refractivity (Wildman–Crippen MR) is 82.2 cm³/mol. The number of carbonyl (C=O) groups is 2. The molecule has 0 radical (unpaired) electrons.